The summed E-state index contributed by atoms with van der Waals surface area (Å²) in [7, 11) is 53.8. The smallest absolute Gasteiger partial charge is 0.143 e. The number of rotatable bonds is 3. The molecule has 1 aromatic heterocycles. The molecule has 0 unspecified atom stereocenters. The van der Waals surface area contributed by atoms with E-state index in [9.17, 15) is 0 Å². The summed E-state index contributed by atoms with van der Waals surface area (Å²) in [5, 5.41) is 6.24. The van der Waals surface area contributed by atoms with Gasteiger partial charge in [0.2, 0.25) is 0 Å². The van der Waals surface area contributed by atoms with Gasteiger partial charge in [0.15, 0.2) is 0 Å². The molecule has 0 saturated carbocycles. The highest BCUT2D eigenvalue weighted by Crippen LogP contribution is 2.43. The van der Waals surface area contributed by atoms with Gasteiger partial charge in [0, 0.05) is 16.2 Å². The fourth-order valence-corrected chi connectivity index (χ4v) is 7.65. The van der Waals surface area contributed by atoms with Gasteiger partial charge in [0.05, 0.1) is 0 Å². The Hall–Kier alpha value is -5.14. The van der Waals surface area contributed by atoms with E-state index in [-0.39, 0.29) is 43.7 Å². The van der Waals surface area contributed by atoms with Gasteiger partial charge >= 0.3 is 0 Å². The summed E-state index contributed by atoms with van der Waals surface area (Å²) in [5.74, 6) is 0. The zero-order chi connectivity index (χ0) is 35.3. The lowest BCUT2D eigenvalue weighted by Crippen LogP contribution is -2.50. The van der Waals surface area contributed by atoms with Crippen molar-refractivity contribution in [3.05, 3.63) is 109 Å². The third-order valence-corrected chi connectivity index (χ3v) is 10.2. The fourth-order valence-electron chi connectivity index (χ4n) is 7.65. The van der Waals surface area contributed by atoms with Gasteiger partial charge in [-0.25, -0.2) is 0 Å². The Balaban J connectivity index is 1.44. The van der Waals surface area contributed by atoms with Gasteiger partial charge in [-0.1, -0.05) is 107 Å². The molecule has 51 heavy (non-hydrogen) atoms. The van der Waals surface area contributed by atoms with Crippen molar-refractivity contribution in [2.75, 3.05) is 0 Å². The van der Waals surface area contributed by atoms with E-state index >= 15 is 0 Å². The first-order valence-electron chi connectivity index (χ1n) is 16.4. The third-order valence-electron chi connectivity index (χ3n) is 10.2. The summed E-state index contributed by atoms with van der Waals surface area (Å²) in [4.78, 5) is 0. The lowest BCUT2D eigenvalue weighted by Gasteiger charge is -2.28. The first-order valence-corrected chi connectivity index (χ1v) is 16.4. The Kier molecular flexibility index (Phi) is 7.30. The molecule has 1 nitrogen and oxygen atoms in total. The molecule has 0 aliphatic rings. The standard InChI is InChI=1S/C42H18B8O/c43-34-30-28(21-9-5-2-6-10-21)31-33(37(46)41(50)39(48)35(31)44)29(32(30)36(45)40(49)38(34)47)23-14-16-27-26(18-23)24-15-13-20-11-12-22(17-25(20)42(24)51-27)19-7-3-1-4-8-19/h1-18H. The maximum absolute atomic E-state index is 6.92. The molecule has 0 fully saturated rings. The van der Waals surface area contributed by atoms with E-state index in [0.29, 0.717) is 38.3 Å². The molecule has 8 aromatic carbocycles. The van der Waals surface area contributed by atoms with Crippen molar-refractivity contribution < 1.29 is 4.42 Å². The third kappa shape index (κ3) is 4.60. The first kappa shape index (κ1) is 31.8. The van der Waals surface area contributed by atoms with Gasteiger partial charge in [-0.2, -0.15) is 0 Å². The average molecular weight is 625 g/mol. The lowest BCUT2D eigenvalue weighted by molar-refractivity contribution is 0.673. The molecule has 0 aliphatic carbocycles. The van der Waals surface area contributed by atoms with Crippen molar-refractivity contribution in [2.24, 2.45) is 0 Å². The molecule has 9 heteroatoms. The molecule has 0 saturated heterocycles. The Morgan fingerprint density at radius 3 is 1.33 bits per heavy atom. The van der Waals surface area contributed by atoms with E-state index in [2.05, 4.69) is 48.5 Å². The number of benzene rings is 8. The maximum Gasteiger partial charge on any atom is 0.143 e. The molecular formula is C42H18B8O. The molecule has 0 N–H and O–H groups in total. The van der Waals surface area contributed by atoms with Crippen LogP contribution in [0.15, 0.2) is 114 Å². The van der Waals surface area contributed by atoms with Crippen LogP contribution >= 0.6 is 0 Å². The number of hydrogen-bond acceptors (Lipinski definition) is 1. The van der Waals surface area contributed by atoms with Gasteiger partial charge < -0.3 is 4.42 Å². The van der Waals surface area contributed by atoms with Crippen LogP contribution in [0.25, 0.3) is 87.6 Å². The topological polar surface area (TPSA) is 13.1 Å². The highest BCUT2D eigenvalue weighted by molar-refractivity contribution is 6.71. The van der Waals surface area contributed by atoms with Gasteiger partial charge in [-0.3, -0.25) is 0 Å². The monoisotopic (exact) mass is 626 g/mol. The second-order valence-electron chi connectivity index (χ2n) is 13.0. The maximum atomic E-state index is 6.92. The van der Waals surface area contributed by atoms with Crippen LogP contribution in [0.2, 0.25) is 0 Å². The van der Waals surface area contributed by atoms with Crippen LogP contribution < -0.4 is 43.7 Å². The van der Waals surface area contributed by atoms with Crippen LogP contribution in [0.3, 0.4) is 0 Å². The summed E-state index contributed by atoms with van der Waals surface area (Å²) in [6.07, 6.45) is 0. The van der Waals surface area contributed by atoms with Gasteiger partial charge in [-0.05, 0) is 84.6 Å². The SMILES string of the molecule is [B]c1c([B])c([B])c2c(-c3ccc4oc5c6cc(-c7ccccc7)ccc6ccc5c4c3)c3c([B])c([B])c([B])c([B])c3c(-c3ccccc3)c2c1[B]. The Labute approximate surface area is 306 Å². The van der Waals surface area contributed by atoms with Crippen molar-refractivity contribution in [2.45, 2.75) is 0 Å². The van der Waals surface area contributed by atoms with E-state index in [0.717, 1.165) is 49.4 Å². The Bertz CT molecular complexity index is 2850. The molecule has 1 heterocycles. The molecule has 0 atom stereocenters. The molecular weight excluding hydrogens is 607 g/mol. The molecule has 0 aliphatic heterocycles. The van der Waals surface area contributed by atoms with Crippen molar-refractivity contribution in [3.8, 4) is 33.4 Å². The van der Waals surface area contributed by atoms with Gasteiger partial charge in [0.1, 0.15) is 73.9 Å². The summed E-state index contributed by atoms with van der Waals surface area (Å²) in [6, 6.07) is 36.5. The van der Waals surface area contributed by atoms with Crippen LogP contribution in [0.4, 0.5) is 0 Å². The molecule has 0 bridgehead atoms. The normalized spacial score (nSPS) is 11.8. The van der Waals surface area contributed by atoms with Crippen molar-refractivity contribution in [1.29, 1.82) is 0 Å². The summed E-state index contributed by atoms with van der Waals surface area (Å²) >= 11 is 0. The van der Waals surface area contributed by atoms with Crippen LogP contribution in [-0.4, -0.2) is 62.8 Å². The molecule has 0 spiro atoms. The van der Waals surface area contributed by atoms with Crippen molar-refractivity contribution >= 4 is 161 Å². The van der Waals surface area contributed by atoms with Gasteiger partial charge in [0.25, 0.3) is 0 Å². The predicted octanol–water partition coefficient (Wildman–Crippen LogP) is 2.40. The second-order valence-corrected chi connectivity index (χ2v) is 13.0. The number of furan rings is 1. The molecule has 16 radical (unpaired) electrons. The minimum absolute atomic E-state index is 0.171. The average Bonchev–Trinajstić information content (AvgIpc) is 3.55. The Morgan fingerprint density at radius 2 is 0.784 bits per heavy atom. The largest absolute Gasteiger partial charge is 0.455 e. The van der Waals surface area contributed by atoms with Crippen LogP contribution in [0.5, 0.6) is 0 Å². The number of fused-ring (bicyclic) bond motifs is 7. The lowest BCUT2D eigenvalue weighted by atomic mass is 9.59. The van der Waals surface area contributed by atoms with Crippen LogP contribution in [0, 0.1) is 0 Å². The van der Waals surface area contributed by atoms with E-state index in [1.165, 1.54) is 0 Å². The highest BCUT2D eigenvalue weighted by Gasteiger charge is 2.25. The van der Waals surface area contributed by atoms with Gasteiger partial charge in [-0.15, -0.1) is 21.9 Å². The molecule has 216 valence electrons. The second kappa shape index (κ2) is 11.7. The van der Waals surface area contributed by atoms with Crippen LogP contribution in [0.1, 0.15) is 0 Å². The molecule has 9 rings (SSSR count). The van der Waals surface area contributed by atoms with E-state index in [1.54, 1.807) is 0 Å². The van der Waals surface area contributed by atoms with E-state index in [4.69, 9.17) is 67.2 Å². The zero-order valence-corrected chi connectivity index (χ0v) is 27.4. The van der Waals surface area contributed by atoms with E-state index < -0.39 is 0 Å². The van der Waals surface area contributed by atoms with Crippen molar-refractivity contribution in [1.82, 2.24) is 0 Å². The summed E-state index contributed by atoms with van der Waals surface area (Å²) in [6.45, 7) is 0. The summed E-state index contributed by atoms with van der Waals surface area (Å²) in [5.41, 5.74) is 8.37. The highest BCUT2D eigenvalue weighted by atomic mass is 16.3. The zero-order valence-electron chi connectivity index (χ0n) is 27.4. The van der Waals surface area contributed by atoms with Crippen LogP contribution in [-0.2, 0) is 0 Å². The first-order chi connectivity index (χ1) is 24.7. The fraction of sp³-hybridized carbons (Fsp3) is 0. The summed E-state index contributed by atoms with van der Waals surface area (Å²) < 4.78 is 6.59. The number of hydrogen-bond donors (Lipinski definition) is 0. The quantitative estimate of drug-likeness (QED) is 0.218. The molecule has 0 amide bonds. The minimum Gasteiger partial charge on any atom is -0.455 e. The molecule has 9 aromatic rings. The van der Waals surface area contributed by atoms with Crippen molar-refractivity contribution in [3.63, 3.8) is 0 Å². The predicted molar refractivity (Wildman–Crippen MR) is 226 cm³/mol. The minimum atomic E-state index is 0.171. The van der Waals surface area contributed by atoms with E-state index in [1.807, 2.05) is 60.7 Å². The Morgan fingerprint density at radius 1 is 0.333 bits per heavy atom.